The van der Waals surface area contributed by atoms with Gasteiger partial charge in [0.05, 0.1) is 0 Å². The van der Waals surface area contributed by atoms with Crippen molar-refractivity contribution in [3.8, 4) is 11.3 Å². The van der Waals surface area contributed by atoms with E-state index in [4.69, 9.17) is 5.73 Å². The van der Waals surface area contributed by atoms with Crippen molar-refractivity contribution in [3.05, 3.63) is 68.3 Å². The molecular formula is C15H13IN5O2-. The Bertz CT molecular complexity index is 815. The van der Waals surface area contributed by atoms with Crippen LogP contribution < -0.4 is 32.5 Å². The van der Waals surface area contributed by atoms with Crippen molar-refractivity contribution in [1.29, 1.82) is 0 Å². The fourth-order valence-electron chi connectivity index (χ4n) is 2.01. The number of nitrogens with zero attached hydrogens (tertiary/aromatic N) is 2. The number of H-pyrrole nitrogens is 1. The fraction of sp³-hybridized carbons (Fsp3) is 0. The van der Waals surface area contributed by atoms with Gasteiger partial charge in [-0.2, -0.15) is 0 Å². The number of nitro groups is 1. The van der Waals surface area contributed by atoms with Crippen LogP contribution in [0.5, 0.6) is 0 Å². The molecule has 4 N–H and O–H groups in total. The summed E-state index contributed by atoms with van der Waals surface area (Å²) < 4.78 is 0.538. The van der Waals surface area contributed by atoms with Crippen LogP contribution in [-0.2, 0) is 0 Å². The average Bonchev–Trinajstić information content (AvgIpc) is 2.98. The quantitative estimate of drug-likeness (QED) is 0.174. The van der Waals surface area contributed by atoms with Crippen LogP contribution in [0.4, 0.5) is 17.2 Å². The Morgan fingerprint density at radius 3 is 2.48 bits per heavy atom. The van der Waals surface area contributed by atoms with Gasteiger partial charge in [0.1, 0.15) is 0 Å². The monoisotopic (exact) mass is 422 g/mol. The molecule has 0 atom stereocenters. The minimum atomic E-state index is -1.17. The van der Waals surface area contributed by atoms with Crippen molar-refractivity contribution in [3.63, 3.8) is 0 Å². The Morgan fingerprint density at radius 2 is 1.83 bits per heavy atom. The minimum absolute atomic E-state index is 0.237. The fourth-order valence-corrected chi connectivity index (χ4v) is 3.15. The third-order valence-electron chi connectivity index (χ3n) is 3.08. The van der Waals surface area contributed by atoms with Crippen molar-refractivity contribution in [2.24, 2.45) is 0 Å². The molecule has 0 radical (unpaired) electrons. The van der Waals surface area contributed by atoms with Crippen molar-refractivity contribution < 1.29 is 24.6 Å². The van der Waals surface area contributed by atoms with Gasteiger partial charge in [0, 0.05) is 0 Å². The number of anilines is 3. The maximum absolute atomic E-state index is 10.5. The number of aromatic nitrogens is 2. The number of benzene rings is 2. The first kappa shape index (κ1) is 15.3. The van der Waals surface area contributed by atoms with Gasteiger partial charge in [0.15, 0.2) is 0 Å². The van der Waals surface area contributed by atoms with Gasteiger partial charge in [-0.25, -0.2) is 0 Å². The number of hydrogen-bond donors (Lipinski definition) is 3. The molecule has 7 nitrogen and oxygen atoms in total. The molecule has 0 unspecified atom stereocenters. The number of halogens is 1. The molecule has 0 aliphatic heterocycles. The van der Waals surface area contributed by atoms with Crippen molar-refractivity contribution in [1.82, 2.24) is 10.2 Å². The van der Waals surface area contributed by atoms with Crippen LogP contribution in [-0.4, -0.2) is 13.3 Å². The predicted octanol–water partition coefficient (Wildman–Crippen LogP) is -0.147. The average molecular weight is 422 g/mol. The number of hydrogen-bond acceptors (Lipinski definition) is 5. The summed E-state index contributed by atoms with van der Waals surface area (Å²) in [6.45, 7) is 0. The number of nitrogen functional groups attached to an aromatic ring is 1. The Kier molecular flexibility index (Phi) is 4.42. The zero-order valence-electron chi connectivity index (χ0n) is 11.9. The zero-order valence-corrected chi connectivity index (χ0v) is 14.0. The van der Waals surface area contributed by atoms with Crippen molar-refractivity contribution in [2.45, 2.75) is 0 Å². The second kappa shape index (κ2) is 6.65. The number of nitrogens with two attached hydrogens (primary N) is 1. The number of nitrogens with one attached hydrogen (secondary N) is 2. The summed E-state index contributed by atoms with van der Waals surface area (Å²) in [7, 11) is 0. The van der Waals surface area contributed by atoms with Crippen molar-refractivity contribution >= 4 is 17.2 Å². The molecule has 0 bridgehead atoms. The Labute approximate surface area is 142 Å². The molecule has 118 valence electrons. The second-order valence-corrected chi connectivity index (χ2v) is 7.23. The molecule has 0 aliphatic carbocycles. The molecule has 8 heteroatoms. The van der Waals surface area contributed by atoms with Gasteiger partial charge in [0.2, 0.25) is 0 Å². The summed E-state index contributed by atoms with van der Waals surface area (Å²) in [4.78, 5) is 10.5. The predicted molar refractivity (Wildman–Crippen MR) is 83.9 cm³/mol. The van der Waals surface area contributed by atoms with E-state index in [2.05, 4.69) is 15.5 Å². The molecular weight excluding hydrogens is 409 g/mol. The van der Waals surface area contributed by atoms with E-state index in [1.165, 1.54) is 0 Å². The molecule has 23 heavy (non-hydrogen) atoms. The normalized spacial score (nSPS) is 10.6. The Morgan fingerprint density at radius 1 is 1.13 bits per heavy atom. The van der Waals surface area contributed by atoms with E-state index in [9.17, 15) is 10.1 Å². The summed E-state index contributed by atoms with van der Waals surface area (Å²) in [5.41, 5.74) is 9.02. The van der Waals surface area contributed by atoms with E-state index in [-0.39, 0.29) is 3.14 Å². The molecule has 0 saturated heterocycles. The molecule has 0 saturated carbocycles. The topological polar surface area (TPSA) is 110 Å². The van der Waals surface area contributed by atoms with E-state index in [1.54, 1.807) is 12.1 Å². The molecule has 2 aromatic carbocycles. The van der Waals surface area contributed by atoms with Crippen molar-refractivity contribution in [2.75, 3.05) is 11.1 Å². The van der Waals surface area contributed by atoms with Gasteiger partial charge < -0.3 is 5.73 Å². The number of rotatable bonds is 5. The van der Waals surface area contributed by atoms with Crippen LogP contribution >= 0.6 is 0 Å². The van der Waals surface area contributed by atoms with Gasteiger partial charge in [-0.1, -0.05) is 0 Å². The van der Waals surface area contributed by atoms with Gasteiger partial charge in [-0.15, -0.1) is 0 Å². The maximum atomic E-state index is 10.5. The summed E-state index contributed by atoms with van der Waals surface area (Å²) in [6, 6.07) is 16.6. The summed E-state index contributed by atoms with van der Waals surface area (Å²) in [5, 5.41) is 20.9. The summed E-state index contributed by atoms with van der Waals surface area (Å²) in [5.74, 6) is 0.687. The molecule has 0 spiro atoms. The first-order chi connectivity index (χ1) is 11.1. The van der Waals surface area contributed by atoms with Gasteiger partial charge in [-0.3, -0.25) is 0 Å². The molecule has 0 fully saturated rings. The first-order valence-electron chi connectivity index (χ1n) is 6.68. The molecule has 0 amide bonds. The molecule has 3 rings (SSSR count). The third kappa shape index (κ3) is 3.97. The van der Waals surface area contributed by atoms with Crippen LogP contribution in [0.2, 0.25) is 0 Å². The van der Waals surface area contributed by atoms with E-state index < -0.39 is 21.5 Å². The van der Waals surface area contributed by atoms with E-state index in [0.717, 1.165) is 20.5 Å². The standard InChI is InChI=1S/C15H13IN5O2/c17-12-5-7-13(8-6-12)18-15-9-14(19-20-15)10-1-3-11(4-2-10)16-21(22)23/h1-9H,17H2,(H2,18,19,20)/q-1. The molecule has 3 aromatic rings. The molecule has 0 aliphatic rings. The van der Waals surface area contributed by atoms with Crippen LogP contribution in [0.3, 0.4) is 0 Å². The van der Waals surface area contributed by atoms with E-state index in [0.29, 0.717) is 11.5 Å². The molecule has 1 heterocycles. The van der Waals surface area contributed by atoms with Gasteiger partial charge >= 0.3 is 137 Å². The first-order valence-corrected chi connectivity index (χ1v) is 8.72. The SMILES string of the molecule is Nc1ccc(Nc2cc(-c3ccc([I-][N+](=O)[O-])cc3)[nH]n2)cc1. The van der Waals surface area contributed by atoms with Gasteiger partial charge in [0.25, 0.3) is 0 Å². The van der Waals surface area contributed by atoms with E-state index in [1.807, 2.05) is 42.5 Å². The second-order valence-electron chi connectivity index (χ2n) is 4.72. The molecule has 1 aromatic heterocycles. The van der Waals surface area contributed by atoms with Crippen LogP contribution in [0.15, 0.2) is 54.6 Å². The summed E-state index contributed by atoms with van der Waals surface area (Å²) in [6.07, 6.45) is 0. The Balaban J connectivity index is 1.73. The van der Waals surface area contributed by atoms with Crippen LogP contribution in [0, 0.1) is 13.7 Å². The van der Waals surface area contributed by atoms with E-state index >= 15 is 0 Å². The zero-order chi connectivity index (χ0) is 16.2. The summed E-state index contributed by atoms with van der Waals surface area (Å²) >= 11 is -1.17. The van der Waals surface area contributed by atoms with Crippen LogP contribution in [0.25, 0.3) is 11.3 Å². The van der Waals surface area contributed by atoms with Crippen LogP contribution in [0.1, 0.15) is 0 Å². The third-order valence-corrected chi connectivity index (χ3v) is 4.75. The number of aromatic amines is 1. The Hall–Kier alpha value is -2.62. The van der Waals surface area contributed by atoms with Gasteiger partial charge in [-0.05, 0) is 0 Å².